The Kier molecular flexibility index (Phi) is 7.07. The fourth-order valence-corrected chi connectivity index (χ4v) is 4.72. The van der Waals surface area contributed by atoms with Crippen molar-refractivity contribution in [2.24, 2.45) is 5.10 Å². The molecule has 1 aliphatic heterocycles. The van der Waals surface area contributed by atoms with E-state index in [1.807, 2.05) is 30.5 Å². The highest BCUT2D eigenvalue weighted by molar-refractivity contribution is 7.98. The molecule has 0 amide bonds. The lowest BCUT2D eigenvalue weighted by molar-refractivity contribution is -0.338. The number of aliphatic hydroxyl groups is 1. The molecule has 190 valence electrons. The summed E-state index contributed by atoms with van der Waals surface area (Å²) in [6.07, 6.45) is -11.0. The third-order valence-corrected chi connectivity index (χ3v) is 7.03. The van der Waals surface area contributed by atoms with Crippen LogP contribution < -0.4 is 5.01 Å². The Morgan fingerprint density at radius 2 is 1.53 bits per heavy atom. The van der Waals surface area contributed by atoms with Crippen LogP contribution in [0.1, 0.15) is 18.0 Å². The minimum Gasteiger partial charge on any atom is -0.369 e. The fourth-order valence-electron chi connectivity index (χ4n) is 4.05. The van der Waals surface area contributed by atoms with Gasteiger partial charge >= 0.3 is 12.4 Å². The van der Waals surface area contributed by atoms with Crippen molar-refractivity contribution in [3.05, 3.63) is 83.4 Å². The molecule has 0 saturated carbocycles. The van der Waals surface area contributed by atoms with Crippen LogP contribution in [0.5, 0.6) is 0 Å². The number of benzene rings is 3. The highest BCUT2D eigenvalue weighted by Gasteiger charge is 2.74. The van der Waals surface area contributed by atoms with E-state index in [0.29, 0.717) is 5.56 Å². The quantitative estimate of drug-likeness (QED) is 0.262. The maximum Gasteiger partial charge on any atom is 0.431 e. The van der Waals surface area contributed by atoms with E-state index >= 15 is 0 Å². The van der Waals surface area contributed by atoms with Crippen LogP contribution in [-0.4, -0.2) is 35.0 Å². The molecule has 0 fully saturated rings. The fraction of sp³-hybridized carbons (Fsp3) is 0.240. The van der Waals surface area contributed by atoms with E-state index in [1.54, 1.807) is 42.1 Å². The Labute approximate surface area is 212 Å². The summed E-state index contributed by atoms with van der Waals surface area (Å²) in [5.41, 5.74) is -4.56. The van der Waals surface area contributed by atoms with E-state index in [2.05, 4.69) is 5.10 Å². The van der Waals surface area contributed by atoms with Gasteiger partial charge in [-0.3, -0.25) is 5.01 Å². The standard InChI is InChI=1S/C25H19ClF6N2OS/c1-36-18-11-9-15(10-12-18)16-5-4-6-17(13-16)34-21(19-7-2-3-8-20(19)26)14-22(33-34)23(35,24(27,28)29)25(30,31)32/h2-13,21,35H,14H2,1H3. The SMILES string of the molecule is CSc1ccc(-c2cccc(N3N=C(C(O)(C(F)(F)F)C(F)(F)F)CC3c3ccccc3Cl)c2)cc1. The highest BCUT2D eigenvalue weighted by Crippen LogP contribution is 2.49. The second-order valence-electron chi connectivity index (χ2n) is 8.12. The predicted octanol–water partition coefficient (Wildman–Crippen LogP) is 7.89. The summed E-state index contributed by atoms with van der Waals surface area (Å²) in [5.74, 6) is 0. The Balaban J connectivity index is 1.84. The van der Waals surface area contributed by atoms with Gasteiger partial charge in [0.2, 0.25) is 0 Å². The molecule has 3 nitrogen and oxygen atoms in total. The van der Waals surface area contributed by atoms with Gasteiger partial charge < -0.3 is 5.11 Å². The van der Waals surface area contributed by atoms with E-state index in [1.165, 1.54) is 18.2 Å². The molecule has 0 aromatic heterocycles. The van der Waals surface area contributed by atoms with Gasteiger partial charge in [0.25, 0.3) is 5.60 Å². The number of hydrogen-bond acceptors (Lipinski definition) is 4. The summed E-state index contributed by atoms with van der Waals surface area (Å²) >= 11 is 7.82. The van der Waals surface area contributed by atoms with Gasteiger partial charge in [0.15, 0.2) is 0 Å². The zero-order valence-electron chi connectivity index (χ0n) is 18.6. The molecular formula is C25H19ClF6N2OS. The van der Waals surface area contributed by atoms with E-state index < -0.39 is 36.1 Å². The van der Waals surface area contributed by atoms with Gasteiger partial charge in [0.05, 0.1) is 17.4 Å². The van der Waals surface area contributed by atoms with Crippen LogP contribution in [0.3, 0.4) is 0 Å². The number of hydrazone groups is 1. The van der Waals surface area contributed by atoms with Crippen molar-refractivity contribution >= 4 is 34.8 Å². The third-order valence-electron chi connectivity index (χ3n) is 5.95. The lowest BCUT2D eigenvalue weighted by Crippen LogP contribution is -2.62. The van der Waals surface area contributed by atoms with Crippen LogP contribution in [0, 0.1) is 0 Å². The van der Waals surface area contributed by atoms with Crippen molar-refractivity contribution in [2.75, 3.05) is 11.3 Å². The molecule has 1 heterocycles. The lowest BCUT2D eigenvalue weighted by Gasteiger charge is -2.32. The summed E-state index contributed by atoms with van der Waals surface area (Å²) < 4.78 is 81.8. The molecule has 1 unspecified atom stereocenters. The average Bonchev–Trinajstić information content (AvgIpc) is 3.28. The van der Waals surface area contributed by atoms with Crippen molar-refractivity contribution < 1.29 is 31.4 Å². The summed E-state index contributed by atoms with van der Waals surface area (Å²) in [6.45, 7) is 0. The Morgan fingerprint density at radius 3 is 2.11 bits per heavy atom. The lowest BCUT2D eigenvalue weighted by atomic mass is 9.90. The zero-order chi connectivity index (χ0) is 26.3. The molecular weight excluding hydrogens is 526 g/mol. The molecule has 0 radical (unpaired) electrons. The monoisotopic (exact) mass is 544 g/mol. The first-order valence-corrected chi connectivity index (χ1v) is 12.2. The molecule has 36 heavy (non-hydrogen) atoms. The normalized spacial score (nSPS) is 16.9. The second kappa shape index (κ2) is 9.64. The molecule has 1 N–H and O–H groups in total. The molecule has 0 aliphatic carbocycles. The maximum atomic E-state index is 13.6. The number of rotatable bonds is 5. The summed E-state index contributed by atoms with van der Waals surface area (Å²) in [5, 5.41) is 14.9. The van der Waals surface area contributed by atoms with E-state index in [-0.39, 0.29) is 16.3 Å². The number of thioether (sulfide) groups is 1. The van der Waals surface area contributed by atoms with Crippen molar-refractivity contribution in [3.63, 3.8) is 0 Å². The molecule has 1 aliphatic rings. The second-order valence-corrected chi connectivity index (χ2v) is 9.40. The number of alkyl halides is 6. The van der Waals surface area contributed by atoms with Gasteiger partial charge in [-0.2, -0.15) is 31.4 Å². The van der Waals surface area contributed by atoms with Crippen LogP contribution in [-0.2, 0) is 0 Å². The molecule has 3 aromatic carbocycles. The largest absolute Gasteiger partial charge is 0.431 e. The van der Waals surface area contributed by atoms with Gasteiger partial charge in [0, 0.05) is 16.3 Å². The van der Waals surface area contributed by atoms with Crippen molar-refractivity contribution in [1.29, 1.82) is 0 Å². The number of nitrogens with zero attached hydrogens (tertiary/aromatic N) is 2. The number of halogens is 7. The van der Waals surface area contributed by atoms with Gasteiger partial charge in [-0.25, -0.2) is 0 Å². The summed E-state index contributed by atoms with van der Waals surface area (Å²) in [6, 6.07) is 19.1. The molecule has 3 aromatic rings. The van der Waals surface area contributed by atoms with Gasteiger partial charge in [-0.05, 0) is 53.3 Å². The minimum atomic E-state index is -6.04. The van der Waals surface area contributed by atoms with Gasteiger partial charge in [-0.1, -0.05) is 54.1 Å². The molecule has 11 heteroatoms. The minimum absolute atomic E-state index is 0.148. The zero-order valence-corrected chi connectivity index (χ0v) is 20.2. The van der Waals surface area contributed by atoms with E-state index in [0.717, 1.165) is 15.5 Å². The van der Waals surface area contributed by atoms with Crippen molar-refractivity contribution in [1.82, 2.24) is 0 Å². The molecule has 4 rings (SSSR count). The predicted molar refractivity (Wildman–Crippen MR) is 129 cm³/mol. The maximum absolute atomic E-state index is 13.6. The summed E-state index contributed by atoms with van der Waals surface area (Å²) in [4.78, 5) is 1.03. The molecule has 0 bridgehead atoms. The third kappa shape index (κ3) is 4.69. The van der Waals surface area contributed by atoms with Crippen LogP contribution in [0.15, 0.2) is 82.8 Å². The Hall–Kier alpha value is -2.69. The summed E-state index contributed by atoms with van der Waals surface area (Å²) in [7, 11) is 0. The van der Waals surface area contributed by atoms with Crippen molar-refractivity contribution in [3.8, 4) is 11.1 Å². The topological polar surface area (TPSA) is 35.8 Å². The van der Waals surface area contributed by atoms with Crippen LogP contribution >= 0.6 is 23.4 Å². The first-order chi connectivity index (χ1) is 16.9. The smallest absolute Gasteiger partial charge is 0.369 e. The number of hydrogen-bond donors (Lipinski definition) is 1. The van der Waals surface area contributed by atoms with Crippen LogP contribution in [0.25, 0.3) is 11.1 Å². The highest BCUT2D eigenvalue weighted by atomic mass is 35.5. The Bertz CT molecular complexity index is 1260. The molecule has 1 atom stereocenters. The van der Waals surface area contributed by atoms with E-state index in [9.17, 15) is 31.4 Å². The van der Waals surface area contributed by atoms with E-state index in [4.69, 9.17) is 11.6 Å². The van der Waals surface area contributed by atoms with Crippen molar-refractivity contribution in [2.45, 2.75) is 35.3 Å². The first kappa shape index (κ1) is 26.4. The molecule has 0 spiro atoms. The molecule has 0 saturated heterocycles. The number of anilines is 1. The van der Waals surface area contributed by atoms with Crippen LogP contribution in [0.2, 0.25) is 5.02 Å². The van der Waals surface area contributed by atoms with Crippen LogP contribution in [0.4, 0.5) is 32.0 Å². The average molecular weight is 545 g/mol. The first-order valence-electron chi connectivity index (χ1n) is 10.6. The van der Waals surface area contributed by atoms with Gasteiger partial charge in [-0.15, -0.1) is 11.8 Å². The van der Waals surface area contributed by atoms with Gasteiger partial charge in [0.1, 0.15) is 0 Å². The Morgan fingerprint density at radius 1 is 0.889 bits per heavy atom.